The number of hydrogen-bond donors (Lipinski definition) is 1. The lowest BCUT2D eigenvalue weighted by molar-refractivity contribution is 1.25. The third-order valence-electron chi connectivity index (χ3n) is 2.46. The van der Waals surface area contributed by atoms with Crippen molar-refractivity contribution in [2.45, 2.75) is 48.5 Å². The van der Waals surface area contributed by atoms with Crippen LogP contribution < -0.4 is 0 Å². The maximum Gasteiger partial charge on any atom is 0.0458 e. The van der Waals surface area contributed by atoms with Crippen LogP contribution in [0, 0.1) is 20.8 Å². The summed E-state index contributed by atoms with van der Waals surface area (Å²) in [5.41, 5.74) is 5.21. The van der Waals surface area contributed by atoms with E-state index < -0.39 is 0 Å². The van der Waals surface area contributed by atoms with Gasteiger partial charge in [-0.2, -0.15) is 0 Å². The largest absolute Gasteiger partial charge is 0.358 e. The molecule has 0 aliphatic carbocycles. The summed E-state index contributed by atoms with van der Waals surface area (Å²) >= 11 is 0. The number of hydrogen-bond acceptors (Lipinski definition) is 0. The van der Waals surface area contributed by atoms with Crippen LogP contribution in [-0.4, -0.2) is 4.98 Å². The summed E-state index contributed by atoms with van der Waals surface area (Å²) < 4.78 is 0. The molecule has 1 aromatic heterocycles. The van der Waals surface area contributed by atoms with Crippen molar-refractivity contribution in [2.75, 3.05) is 0 Å². The number of nitrogens with one attached hydrogen (secondary N) is 1. The zero-order valence-electron chi connectivity index (χ0n) is 11.7. The van der Waals surface area contributed by atoms with E-state index in [2.05, 4.69) is 44.0 Å². The number of rotatable bonds is 0. The van der Waals surface area contributed by atoms with Crippen molar-refractivity contribution in [1.29, 1.82) is 0 Å². The second-order valence-electron chi connectivity index (χ2n) is 3.42. The molecule has 0 spiro atoms. The highest BCUT2D eigenvalue weighted by Gasteiger charge is 2.02. The molecule has 0 atom stereocenters. The Morgan fingerprint density at radius 3 is 2.06 bits per heavy atom. The molecule has 0 amide bonds. The molecule has 2 rings (SSSR count). The molecule has 1 nitrogen and oxygen atoms in total. The summed E-state index contributed by atoms with van der Waals surface area (Å²) in [5, 5.41) is 1.35. The van der Waals surface area contributed by atoms with Crippen LogP contribution in [0.2, 0.25) is 0 Å². The van der Waals surface area contributed by atoms with E-state index in [0.717, 1.165) is 0 Å². The number of aryl methyl sites for hydroxylation is 3. The molecule has 0 bridgehead atoms. The average molecular weight is 221 g/mol. The molecule has 1 N–H and O–H groups in total. The predicted octanol–water partition coefficient (Wildman–Crippen LogP) is 5.39. The van der Waals surface area contributed by atoms with E-state index in [0.29, 0.717) is 0 Å². The van der Waals surface area contributed by atoms with E-state index in [-0.39, 0.29) is 1.43 Å². The molecular weight excluding hydrogens is 194 g/mol. The van der Waals surface area contributed by atoms with Crippen molar-refractivity contribution < 1.29 is 1.43 Å². The molecule has 1 heteroatoms. The smallest absolute Gasteiger partial charge is 0.0458 e. The predicted molar refractivity (Wildman–Crippen MR) is 77.3 cm³/mol. The van der Waals surface area contributed by atoms with Gasteiger partial charge >= 0.3 is 0 Å². The molecule has 0 unspecified atom stereocenters. The minimum Gasteiger partial charge on any atom is -0.358 e. The Kier molecular flexibility index (Phi) is 6.55. The Bertz CT molecular complexity index is 430. The molecule has 0 radical (unpaired) electrons. The van der Waals surface area contributed by atoms with Crippen molar-refractivity contribution in [3.05, 3.63) is 35.0 Å². The lowest BCUT2D eigenvalue weighted by atomic mass is 10.1. The maximum absolute atomic E-state index is 3.35. The summed E-state index contributed by atoms with van der Waals surface area (Å²) in [6.07, 6.45) is 0. The van der Waals surface area contributed by atoms with E-state index >= 15 is 0 Å². The Morgan fingerprint density at radius 2 is 1.50 bits per heavy atom. The van der Waals surface area contributed by atoms with Crippen molar-refractivity contribution in [2.24, 2.45) is 0 Å². The number of aromatic amines is 1. The molecular formula is C15H27N. The summed E-state index contributed by atoms with van der Waals surface area (Å²) in [6, 6.07) is 6.51. The normalized spacial score (nSPS) is 8.94. The molecule has 92 valence electrons. The summed E-state index contributed by atoms with van der Waals surface area (Å²) in [7, 11) is 0. The van der Waals surface area contributed by atoms with Crippen LogP contribution >= 0.6 is 0 Å². The van der Waals surface area contributed by atoms with Crippen LogP contribution in [0.5, 0.6) is 0 Å². The SMILES string of the molecule is CC.CC.Cc1ccc2[nH]c(C)c(C)c2c1.[HH]. The minimum atomic E-state index is 0. The molecule has 2 aromatic rings. The van der Waals surface area contributed by atoms with Gasteiger partial charge in [-0.15, -0.1) is 0 Å². The van der Waals surface area contributed by atoms with Crippen molar-refractivity contribution in [3.63, 3.8) is 0 Å². The second kappa shape index (κ2) is 7.10. The summed E-state index contributed by atoms with van der Waals surface area (Å²) in [4.78, 5) is 3.35. The zero-order chi connectivity index (χ0) is 12.7. The van der Waals surface area contributed by atoms with Crippen molar-refractivity contribution in [3.8, 4) is 0 Å². The second-order valence-corrected chi connectivity index (χ2v) is 3.42. The molecule has 0 saturated carbocycles. The fraction of sp³-hybridized carbons (Fsp3) is 0.467. The summed E-state index contributed by atoms with van der Waals surface area (Å²) in [5.74, 6) is 0. The monoisotopic (exact) mass is 221 g/mol. The Hall–Kier alpha value is -1.24. The van der Waals surface area contributed by atoms with Gasteiger partial charge in [-0.3, -0.25) is 0 Å². The van der Waals surface area contributed by atoms with E-state index in [9.17, 15) is 0 Å². The first-order valence-electron chi connectivity index (χ1n) is 6.24. The fourth-order valence-corrected chi connectivity index (χ4v) is 1.58. The van der Waals surface area contributed by atoms with Crippen LogP contribution in [0.25, 0.3) is 10.9 Å². The highest BCUT2D eigenvalue weighted by atomic mass is 14.7. The highest BCUT2D eigenvalue weighted by Crippen LogP contribution is 2.21. The molecule has 0 aliphatic rings. The van der Waals surface area contributed by atoms with Crippen LogP contribution in [0.1, 0.15) is 45.9 Å². The molecule has 1 aromatic carbocycles. The van der Waals surface area contributed by atoms with Gasteiger partial charge in [0.15, 0.2) is 0 Å². The van der Waals surface area contributed by atoms with Crippen LogP contribution in [0.4, 0.5) is 0 Å². The molecule has 16 heavy (non-hydrogen) atoms. The molecule has 1 heterocycles. The lowest BCUT2D eigenvalue weighted by Crippen LogP contribution is -1.72. The lowest BCUT2D eigenvalue weighted by Gasteiger charge is -1.93. The topological polar surface area (TPSA) is 15.8 Å². The van der Waals surface area contributed by atoms with Gasteiger partial charge in [-0.25, -0.2) is 0 Å². The number of benzene rings is 1. The van der Waals surface area contributed by atoms with Gasteiger partial charge in [0.25, 0.3) is 0 Å². The van der Waals surface area contributed by atoms with Gasteiger partial charge in [0.1, 0.15) is 0 Å². The Labute approximate surface area is 101 Å². The third-order valence-corrected chi connectivity index (χ3v) is 2.46. The van der Waals surface area contributed by atoms with Gasteiger partial charge in [-0.1, -0.05) is 39.3 Å². The number of aromatic nitrogens is 1. The first-order chi connectivity index (χ1) is 7.68. The average Bonchev–Trinajstić information content (AvgIpc) is 2.61. The van der Waals surface area contributed by atoms with Gasteiger partial charge in [0, 0.05) is 18.0 Å². The molecule has 0 fully saturated rings. The summed E-state index contributed by atoms with van der Waals surface area (Å²) in [6.45, 7) is 14.4. The van der Waals surface area contributed by atoms with Crippen molar-refractivity contribution in [1.82, 2.24) is 4.98 Å². The molecule has 0 saturated heterocycles. The number of fused-ring (bicyclic) bond motifs is 1. The van der Waals surface area contributed by atoms with Crippen molar-refractivity contribution >= 4 is 10.9 Å². The Balaban J connectivity index is 0. The van der Waals surface area contributed by atoms with Gasteiger partial charge < -0.3 is 4.98 Å². The van der Waals surface area contributed by atoms with E-state index in [1.807, 2.05) is 27.7 Å². The van der Waals surface area contributed by atoms with Gasteiger partial charge in [0.05, 0.1) is 0 Å². The van der Waals surface area contributed by atoms with E-state index in [4.69, 9.17) is 0 Å². The molecule has 0 aliphatic heterocycles. The first kappa shape index (κ1) is 14.8. The zero-order valence-corrected chi connectivity index (χ0v) is 11.7. The fourth-order valence-electron chi connectivity index (χ4n) is 1.58. The standard InChI is InChI=1S/C11H13N.2C2H6.H2/c1-7-4-5-11-10(6-7)8(2)9(3)12-11;2*1-2;/h4-6,12H,1-3H3;2*1-2H3;1H. The van der Waals surface area contributed by atoms with Crippen LogP contribution in [0.15, 0.2) is 18.2 Å². The number of H-pyrrole nitrogens is 1. The quantitative estimate of drug-likeness (QED) is 0.613. The maximum atomic E-state index is 3.35. The van der Waals surface area contributed by atoms with Crippen LogP contribution in [-0.2, 0) is 0 Å². The van der Waals surface area contributed by atoms with E-state index in [1.165, 1.54) is 27.7 Å². The first-order valence-corrected chi connectivity index (χ1v) is 6.24. The van der Waals surface area contributed by atoms with Gasteiger partial charge in [0.2, 0.25) is 0 Å². The van der Waals surface area contributed by atoms with Gasteiger partial charge in [-0.05, 0) is 38.5 Å². The minimum absolute atomic E-state index is 0. The van der Waals surface area contributed by atoms with Crippen LogP contribution in [0.3, 0.4) is 0 Å². The van der Waals surface area contributed by atoms with E-state index in [1.54, 1.807) is 0 Å². The third kappa shape index (κ3) is 3.13. The Morgan fingerprint density at radius 1 is 0.938 bits per heavy atom. The highest BCUT2D eigenvalue weighted by molar-refractivity contribution is 5.84.